The number of hydrogen-bond acceptors (Lipinski definition) is 5. The van der Waals surface area contributed by atoms with Gasteiger partial charge in [0.25, 0.3) is 5.91 Å². The third-order valence-electron chi connectivity index (χ3n) is 5.62. The van der Waals surface area contributed by atoms with Gasteiger partial charge in [0.1, 0.15) is 12.3 Å². The number of halogens is 2. The SMILES string of the molecule is CC(=O)Nc1ccc(C(=O)N2C[C@H]3CN(C(=O)OCc4cc(Cl)cc(Cl)c4)C[C@H]3C2)nc1. The number of nitrogens with one attached hydrogen (secondary N) is 1. The maximum absolute atomic E-state index is 12.8. The molecule has 0 saturated carbocycles. The van der Waals surface area contributed by atoms with Gasteiger partial charge in [0.2, 0.25) is 5.91 Å². The zero-order valence-corrected chi connectivity index (χ0v) is 18.9. The van der Waals surface area contributed by atoms with Crippen LogP contribution in [0.3, 0.4) is 0 Å². The van der Waals surface area contributed by atoms with Crippen molar-refractivity contribution in [3.8, 4) is 0 Å². The number of carbonyl (C=O) groups is 3. The molecule has 0 bridgehead atoms. The van der Waals surface area contributed by atoms with Gasteiger partial charge in [0, 0.05) is 55.0 Å². The number of carbonyl (C=O) groups excluding carboxylic acids is 3. The molecule has 10 heteroatoms. The van der Waals surface area contributed by atoms with Gasteiger partial charge < -0.3 is 19.9 Å². The molecule has 1 aromatic carbocycles. The number of ether oxygens (including phenoxy) is 1. The molecule has 2 aliphatic rings. The van der Waals surface area contributed by atoms with Crippen molar-refractivity contribution >= 4 is 46.8 Å². The fraction of sp³-hybridized carbons (Fsp3) is 0.364. The van der Waals surface area contributed by atoms with Crippen LogP contribution in [0.1, 0.15) is 23.0 Å². The number of aromatic nitrogens is 1. The Morgan fingerprint density at radius 2 is 1.66 bits per heavy atom. The molecule has 3 amide bonds. The molecule has 168 valence electrons. The molecule has 2 saturated heterocycles. The molecule has 2 fully saturated rings. The molecule has 3 heterocycles. The molecule has 0 spiro atoms. The smallest absolute Gasteiger partial charge is 0.410 e. The molecule has 2 aromatic rings. The van der Waals surface area contributed by atoms with E-state index in [0.29, 0.717) is 47.6 Å². The summed E-state index contributed by atoms with van der Waals surface area (Å²) >= 11 is 12.0. The van der Waals surface area contributed by atoms with Gasteiger partial charge in [-0.15, -0.1) is 0 Å². The number of anilines is 1. The summed E-state index contributed by atoms with van der Waals surface area (Å²) in [7, 11) is 0. The van der Waals surface area contributed by atoms with Gasteiger partial charge in [0.15, 0.2) is 0 Å². The van der Waals surface area contributed by atoms with Crippen LogP contribution in [0.15, 0.2) is 36.5 Å². The molecule has 8 nitrogen and oxygen atoms in total. The van der Waals surface area contributed by atoms with Crippen molar-refractivity contribution in [2.75, 3.05) is 31.5 Å². The Hall–Kier alpha value is -2.84. The Morgan fingerprint density at radius 3 is 2.22 bits per heavy atom. The van der Waals surface area contributed by atoms with E-state index in [1.165, 1.54) is 13.1 Å². The maximum atomic E-state index is 12.8. The molecule has 1 N–H and O–H groups in total. The van der Waals surface area contributed by atoms with Crippen molar-refractivity contribution in [2.45, 2.75) is 13.5 Å². The van der Waals surface area contributed by atoms with Gasteiger partial charge in [-0.25, -0.2) is 9.78 Å². The van der Waals surface area contributed by atoms with E-state index in [4.69, 9.17) is 27.9 Å². The van der Waals surface area contributed by atoms with E-state index in [1.807, 2.05) is 0 Å². The first-order valence-electron chi connectivity index (χ1n) is 10.2. The highest BCUT2D eigenvalue weighted by Crippen LogP contribution is 2.32. The summed E-state index contributed by atoms with van der Waals surface area (Å²) in [5.41, 5.74) is 1.60. The van der Waals surface area contributed by atoms with Gasteiger partial charge in [-0.05, 0) is 35.9 Å². The second-order valence-corrected chi connectivity index (χ2v) is 8.95. The lowest BCUT2D eigenvalue weighted by Gasteiger charge is -2.21. The Labute approximate surface area is 195 Å². The molecule has 32 heavy (non-hydrogen) atoms. The third-order valence-corrected chi connectivity index (χ3v) is 6.06. The highest BCUT2D eigenvalue weighted by Gasteiger charge is 2.43. The van der Waals surface area contributed by atoms with Gasteiger partial charge in [-0.2, -0.15) is 0 Å². The van der Waals surface area contributed by atoms with Gasteiger partial charge in [-0.1, -0.05) is 23.2 Å². The monoisotopic (exact) mass is 476 g/mol. The lowest BCUT2D eigenvalue weighted by Crippen LogP contribution is -2.36. The number of likely N-dealkylation sites (tertiary alicyclic amines) is 2. The summed E-state index contributed by atoms with van der Waals surface area (Å²) in [5, 5.41) is 3.60. The highest BCUT2D eigenvalue weighted by molar-refractivity contribution is 6.34. The molecule has 2 aliphatic heterocycles. The largest absolute Gasteiger partial charge is 0.445 e. The number of amides is 3. The van der Waals surface area contributed by atoms with Crippen LogP contribution in [-0.4, -0.2) is 58.9 Å². The first-order valence-corrected chi connectivity index (χ1v) is 10.9. The van der Waals surface area contributed by atoms with Crippen molar-refractivity contribution in [1.29, 1.82) is 0 Å². The summed E-state index contributed by atoms with van der Waals surface area (Å²) in [5.74, 6) is 0.0509. The van der Waals surface area contributed by atoms with E-state index in [-0.39, 0.29) is 36.4 Å². The summed E-state index contributed by atoms with van der Waals surface area (Å²) in [6.07, 6.45) is 1.08. The van der Waals surface area contributed by atoms with E-state index < -0.39 is 0 Å². The summed E-state index contributed by atoms with van der Waals surface area (Å²) in [4.78, 5) is 44.0. The minimum absolute atomic E-state index is 0.0930. The first-order chi connectivity index (χ1) is 15.3. The molecule has 0 aliphatic carbocycles. The van der Waals surface area contributed by atoms with E-state index >= 15 is 0 Å². The van der Waals surface area contributed by atoms with E-state index in [2.05, 4.69) is 10.3 Å². The van der Waals surface area contributed by atoms with Crippen LogP contribution >= 0.6 is 23.2 Å². The van der Waals surface area contributed by atoms with Crippen LogP contribution in [-0.2, 0) is 16.1 Å². The van der Waals surface area contributed by atoms with Gasteiger partial charge >= 0.3 is 6.09 Å². The molecule has 4 rings (SSSR count). The minimum Gasteiger partial charge on any atom is -0.445 e. The molecule has 0 unspecified atom stereocenters. The van der Waals surface area contributed by atoms with Crippen LogP contribution < -0.4 is 5.32 Å². The Kier molecular flexibility index (Phi) is 6.53. The van der Waals surface area contributed by atoms with Crippen molar-refractivity contribution in [3.63, 3.8) is 0 Å². The Balaban J connectivity index is 1.28. The van der Waals surface area contributed by atoms with Crippen LogP contribution in [0, 0.1) is 11.8 Å². The third kappa shape index (κ3) is 5.14. The van der Waals surface area contributed by atoms with E-state index in [1.54, 1.807) is 40.1 Å². The molecule has 2 atom stereocenters. The van der Waals surface area contributed by atoms with Crippen molar-refractivity contribution in [2.24, 2.45) is 11.8 Å². The van der Waals surface area contributed by atoms with Crippen LogP contribution in [0.25, 0.3) is 0 Å². The van der Waals surface area contributed by atoms with Gasteiger partial charge in [0.05, 0.1) is 11.9 Å². The number of fused-ring (bicyclic) bond motifs is 1. The highest BCUT2D eigenvalue weighted by atomic mass is 35.5. The lowest BCUT2D eigenvalue weighted by atomic mass is 10.0. The second-order valence-electron chi connectivity index (χ2n) is 8.08. The Morgan fingerprint density at radius 1 is 1.03 bits per heavy atom. The second kappa shape index (κ2) is 9.34. The molecular formula is C22H22Cl2N4O4. The summed E-state index contributed by atoms with van der Waals surface area (Å²) < 4.78 is 5.42. The average Bonchev–Trinajstić information content (AvgIpc) is 3.30. The summed E-state index contributed by atoms with van der Waals surface area (Å²) in [6.45, 7) is 3.71. The standard InChI is InChI=1S/C22H22Cl2N4O4/c1-13(29)26-19-2-3-20(25-7-19)21(30)27-8-15-10-28(11-16(15)9-27)22(31)32-12-14-4-17(23)6-18(24)5-14/h2-7,15-16H,8-12H2,1H3,(H,26,29)/t15-,16+. The number of rotatable bonds is 4. The van der Waals surface area contributed by atoms with Crippen LogP contribution in [0.2, 0.25) is 10.0 Å². The number of nitrogens with zero attached hydrogens (tertiary/aromatic N) is 3. The lowest BCUT2D eigenvalue weighted by molar-refractivity contribution is -0.114. The van der Waals surface area contributed by atoms with Crippen molar-refractivity contribution in [1.82, 2.24) is 14.8 Å². The maximum Gasteiger partial charge on any atom is 0.410 e. The quantitative estimate of drug-likeness (QED) is 0.726. The number of pyridine rings is 1. The van der Waals surface area contributed by atoms with E-state index in [9.17, 15) is 14.4 Å². The fourth-order valence-corrected chi connectivity index (χ4v) is 4.77. The predicted molar refractivity (Wildman–Crippen MR) is 120 cm³/mol. The zero-order valence-electron chi connectivity index (χ0n) is 17.4. The fourth-order valence-electron chi connectivity index (χ4n) is 4.20. The number of benzene rings is 1. The predicted octanol–water partition coefficient (Wildman–Crippen LogP) is 3.69. The van der Waals surface area contributed by atoms with Gasteiger partial charge in [-0.3, -0.25) is 9.59 Å². The molecule has 0 radical (unpaired) electrons. The summed E-state index contributed by atoms with van der Waals surface area (Å²) in [6, 6.07) is 8.30. The topological polar surface area (TPSA) is 91.8 Å². The van der Waals surface area contributed by atoms with Crippen molar-refractivity contribution in [3.05, 3.63) is 57.8 Å². The average molecular weight is 477 g/mol. The first kappa shape index (κ1) is 22.4. The van der Waals surface area contributed by atoms with Crippen molar-refractivity contribution < 1.29 is 19.1 Å². The number of hydrogen-bond donors (Lipinski definition) is 1. The normalized spacial score (nSPS) is 19.6. The minimum atomic E-state index is -0.386. The Bertz CT molecular complexity index is 1010. The molecule has 1 aromatic heterocycles. The van der Waals surface area contributed by atoms with Crippen LogP contribution in [0.5, 0.6) is 0 Å². The van der Waals surface area contributed by atoms with E-state index in [0.717, 1.165) is 5.56 Å². The molecular weight excluding hydrogens is 455 g/mol. The van der Waals surface area contributed by atoms with Crippen LogP contribution in [0.4, 0.5) is 10.5 Å². The zero-order chi connectivity index (χ0) is 22.8.